The van der Waals surface area contributed by atoms with Crippen LogP contribution in [0.15, 0.2) is 46.9 Å². The minimum absolute atomic E-state index is 0.186. The molecule has 3 N–H and O–H groups in total. The average Bonchev–Trinajstić information content (AvgIpc) is 2.80. The Hall–Kier alpha value is -2.21. The molecule has 0 aliphatic carbocycles. The van der Waals surface area contributed by atoms with E-state index in [1.165, 1.54) is 18.2 Å². The number of hydrogen-bond acceptors (Lipinski definition) is 2. The highest BCUT2D eigenvalue weighted by molar-refractivity contribution is 9.10. The molecule has 21 heavy (non-hydrogen) atoms. The number of hydrogen-bond donors (Lipinski definition) is 2. The summed E-state index contributed by atoms with van der Waals surface area (Å²) in [5, 5.41) is 6.65. The second-order valence-corrected chi connectivity index (χ2v) is 5.32. The van der Waals surface area contributed by atoms with Crippen molar-refractivity contribution >= 4 is 21.7 Å². The Balaban J connectivity index is 2.27. The standard InChI is InChI=1S/C15H10BrF2N3/c16-10-5-2-6-11(18)13(10)14-12(15(19)21-20-14)8-3-1-4-9(17)7-8/h1-7H,(H3,19,20,21). The van der Waals surface area contributed by atoms with Crippen molar-refractivity contribution in [3.8, 4) is 22.4 Å². The molecule has 0 saturated carbocycles. The summed E-state index contributed by atoms with van der Waals surface area (Å²) in [4.78, 5) is 0. The quantitative estimate of drug-likeness (QED) is 0.721. The number of rotatable bonds is 2. The van der Waals surface area contributed by atoms with Crippen LogP contribution in [0, 0.1) is 11.6 Å². The van der Waals surface area contributed by atoms with Crippen LogP contribution in [0.3, 0.4) is 0 Å². The predicted octanol–water partition coefficient (Wildman–Crippen LogP) is 4.37. The van der Waals surface area contributed by atoms with E-state index in [0.717, 1.165) is 0 Å². The Kier molecular flexibility index (Phi) is 3.47. The highest BCUT2D eigenvalue weighted by Gasteiger charge is 2.19. The minimum atomic E-state index is -0.425. The fourth-order valence-electron chi connectivity index (χ4n) is 2.21. The Morgan fingerprint density at radius 2 is 1.81 bits per heavy atom. The van der Waals surface area contributed by atoms with Gasteiger partial charge in [0.15, 0.2) is 5.82 Å². The summed E-state index contributed by atoms with van der Waals surface area (Å²) in [7, 11) is 0. The summed E-state index contributed by atoms with van der Waals surface area (Å²) < 4.78 is 28.1. The van der Waals surface area contributed by atoms with Crippen LogP contribution in [0.5, 0.6) is 0 Å². The van der Waals surface area contributed by atoms with Gasteiger partial charge in [-0.15, -0.1) is 0 Å². The van der Waals surface area contributed by atoms with E-state index in [4.69, 9.17) is 5.73 Å². The molecule has 3 rings (SSSR count). The first-order valence-electron chi connectivity index (χ1n) is 6.12. The van der Waals surface area contributed by atoms with E-state index in [-0.39, 0.29) is 5.82 Å². The van der Waals surface area contributed by atoms with Crippen LogP contribution in [0.25, 0.3) is 22.4 Å². The lowest BCUT2D eigenvalue weighted by Crippen LogP contribution is -1.91. The SMILES string of the molecule is Nc1n[nH]c(-c2c(F)cccc2Br)c1-c1cccc(F)c1. The fourth-order valence-corrected chi connectivity index (χ4v) is 2.75. The first-order chi connectivity index (χ1) is 10.1. The van der Waals surface area contributed by atoms with Crippen molar-refractivity contribution in [3.05, 3.63) is 58.6 Å². The maximum atomic E-state index is 14.1. The average molecular weight is 350 g/mol. The zero-order valence-corrected chi connectivity index (χ0v) is 12.3. The molecule has 1 heterocycles. The normalized spacial score (nSPS) is 10.8. The van der Waals surface area contributed by atoms with E-state index >= 15 is 0 Å². The lowest BCUT2D eigenvalue weighted by Gasteiger charge is -2.08. The summed E-state index contributed by atoms with van der Waals surface area (Å²) >= 11 is 3.31. The molecule has 106 valence electrons. The molecule has 0 radical (unpaired) electrons. The highest BCUT2D eigenvalue weighted by atomic mass is 79.9. The Morgan fingerprint density at radius 1 is 1.05 bits per heavy atom. The van der Waals surface area contributed by atoms with Crippen molar-refractivity contribution in [3.63, 3.8) is 0 Å². The van der Waals surface area contributed by atoms with Gasteiger partial charge in [-0.05, 0) is 45.8 Å². The Morgan fingerprint density at radius 3 is 2.52 bits per heavy atom. The van der Waals surface area contributed by atoms with Gasteiger partial charge in [0.25, 0.3) is 0 Å². The molecule has 0 spiro atoms. The molecule has 2 aromatic carbocycles. The molecule has 0 amide bonds. The fraction of sp³-hybridized carbons (Fsp3) is 0. The number of anilines is 1. The van der Waals surface area contributed by atoms with Crippen LogP contribution in [0.2, 0.25) is 0 Å². The molecule has 1 aromatic heterocycles. The van der Waals surface area contributed by atoms with E-state index < -0.39 is 11.6 Å². The molecule has 0 unspecified atom stereocenters. The molecule has 3 nitrogen and oxygen atoms in total. The van der Waals surface area contributed by atoms with Gasteiger partial charge >= 0.3 is 0 Å². The smallest absolute Gasteiger partial charge is 0.153 e. The van der Waals surface area contributed by atoms with Crippen molar-refractivity contribution < 1.29 is 8.78 Å². The molecule has 6 heteroatoms. The predicted molar refractivity (Wildman–Crippen MR) is 81.5 cm³/mol. The van der Waals surface area contributed by atoms with Crippen LogP contribution in [0.1, 0.15) is 0 Å². The molecule has 0 aliphatic heterocycles. The van der Waals surface area contributed by atoms with Gasteiger partial charge in [0, 0.05) is 4.47 Å². The van der Waals surface area contributed by atoms with Gasteiger partial charge in [-0.2, -0.15) is 5.10 Å². The lowest BCUT2D eigenvalue weighted by molar-refractivity contribution is 0.628. The topological polar surface area (TPSA) is 54.7 Å². The van der Waals surface area contributed by atoms with E-state index in [2.05, 4.69) is 26.1 Å². The molecule has 3 aromatic rings. The summed E-state index contributed by atoms with van der Waals surface area (Å²) in [6.45, 7) is 0. The number of nitrogen functional groups attached to an aromatic ring is 1. The molecule has 0 atom stereocenters. The van der Waals surface area contributed by atoms with Crippen molar-refractivity contribution in [2.75, 3.05) is 5.73 Å². The highest BCUT2D eigenvalue weighted by Crippen LogP contribution is 2.39. The number of benzene rings is 2. The van der Waals surface area contributed by atoms with E-state index in [9.17, 15) is 8.78 Å². The zero-order valence-electron chi connectivity index (χ0n) is 10.7. The van der Waals surface area contributed by atoms with Gasteiger partial charge < -0.3 is 5.73 Å². The second kappa shape index (κ2) is 5.29. The number of nitrogens with two attached hydrogens (primary N) is 1. The number of H-pyrrole nitrogens is 1. The number of halogens is 3. The van der Waals surface area contributed by atoms with Crippen LogP contribution >= 0.6 is 15.9 Å². The summed E-state index contributed by atoms with van der Waals surface area (Å²) in [5.41, 5.74) is 7.58. The Labute approximate surface area is 127 Å². The van der Waals surface area contributed by atoms with Gasteiger partial charge in [0.2, 0.25) is 0 Å². The summed E-state index contributed by atoms with van der Waals surface area (Å²) in [6, 6.07) is 10.6. The summed E-state index contributed by atoms with van der Waals surface area (Å²) in [5.74, 6) is -0.636. The van der Waals surface area contributed by atoms with Crippen LogP contribution in [-0.4, -0.2) is 10.2 Å². The largest absolute Gasteiger partial charge is 0.382 e. The molecular formula is C15H10BrF2N3. The lowest BCUT2D eigenvalue weighted by atomic mass is 10.0. The molecular weight excluding hydrogens is 340 g/mol. The molecule has 0 fully saturated rings. The first kappa shape index (κ1) is 13.8. The van der Waals surface area contributed by atoms with Crippen molar-refractivity contribution in [2.24, 2.45) is 0 Å². The third-order valence-corrected chi connectivity index (χ3v) is 3.78. The number of nitrogens with one attached hydrogen (secondary N) is 1. The number of aromatic nitrogens is 2. The van der Waals surface area contributed by atoms with Gasteiger partial charge in [0.05, 0.1) is 16.8 Å². The van der Waals surface area contributed by atoms with Gasteiger partial charge in [-0.25, -0.2) is 8.78 Å². The van der Waals surface area contributed by atoms with Crippen LogP contribution < -0.4 is 5.73 Å². The third kappa shape index (κ3) is 2.42. The zero-order chi connectivity index (χ0) is 15.0. The van der Waals surface area contributed by atoms with Crippen LogP contribution in [0.4, 0.5) is 14.6 Å². The van der Waals surface area contributed by atoms with Crippen molar-refractivity contribution in [2.45, 2.75) is 0 Å². The number of nitrogens with zero attached hydrogens (tertiary/aromatic N) is 1. The van der Waals surface area contributed by atoms with Gasteiger partial charge in [-0.1, -0.05) is 18.2 Å². The maximum Gasteiger partial charge on any atom is 0.153 e. The first-order valence-corrected chi connectivity index (χ1v) is 6.91. The monoisotopic (exact) mass is 349 g/mol. The second-order valence-electron chi connectivity index (χ2n) is 4.47. The minimum Gasteiger partial charge on any atom is -0.382 e. The molecule has 0 aliphatic rings. The van der Waals surface area contributed by atoms with E-state index in [0.29, 0.717) is 26.9 Å². The molecule has 0 saturated heterocycles. The third-order valence-electron chi connectivity index (χ3n) is 3.12. The van der Waals surface area contributed by atoms with Crippen molar-refractivity contribution in [1.82, 2.24) is 10.2 Å². The van der Waals surface area contributed by atoms with Gasteiger partial charge in [-0.3, -0.25) is 5.10 Å². The van der Waals surface area contributed by atoms with Crippen molar-refractivity contribution in [1.29, 1.82) is 0 Å². The van der Waals surface area contributed by atoms with Crippen LogP contribution in [-0.2, 0) is 0 Å². The maximum absolute atomic E-state index is 14.1. The summed E-state index contributed by atoms with van der Waals surface area (Å²) in [6.07, 6.45) is 0. The van der Waals surface area contributed by atoms with Gasteiger partial charge in [0.1, 0.15) is 11.6 Å². The molecule has 0 bridgehead atoms. The Bertz CT molecular complexity index is 794. The van der Waals surface area contributed by atoms with E-state index in [1.807, 2.05) is 0 Å². The number of aromatic amines is 1. The van der Waals surface area contributed by atoms with E-state index in [1.54, 1.807) is 24.3 Å².